The standard InChI is InChI=1S/C41H64O10/c1-23(2)11-10-12-24(3)32-15-16-33-31-14-13-29-21-30(17-19-40(29,8)34(31)18-20-41(32,33)9)50-39-38(49-28(7)45)37(48-27(6)44)36(47-26(5)43)35(51-39)22-46-25(4)42/h13,23-24,30-39H,10-12,14-22H2,1-9H3/t24-,30?,31+,32-,33+,34+,35-,36-,37+,38-,39-,40+,41-/m1/s1. The van der Waals surface area contributed by atoms with E-state index in [0.717, 1.165) is 49.4 Å². The second-order valence-electron chi connectivity index (χ2n) is 17.4. The molecule has 5 aliphatic rings. The molecule has 0 radical (unpaired) electrons. The summed E-state index contributed by atoms with van der Waals surface area (Å²) in [7, 11) is 0. The van der Waals surface area contributed by atoms with Crippen molar-refractivity contribution in [2.45, 2.75) is 170 Å². The van der Waals surface area contributed by atoms with Crippen molar-refractivity contribution in [2.24, 2.45) is 46.3 Å². The SMILES string of the molecule is CC(=O)OC[C@H]1O[C@@H](OC2CC[C@@]3(C)C(=CC[C@H]4[C@@H]5CC[C@H]([C@H](C)CCCC(C)C)[C@@]5(C)CC[C@@H]43)C2)[C@H](OC(C)=O)[C@@H](OC(C)=O)[C@@H]1OC(C)=O. The monoisotopic (exact) mass is 716 g/mol. The van der Waals surface area contributed by atoms with Crippen molar-refractivity contribution in [3.8, 4) is 0 Å². The number of carbonyl (C=O) groups excluding carboxylic acids is 4. The van der Waals surface area contributed by atoms with Crippen LogP contribution < -0.4 is 0 Å². The molecule has 0 bridgehead atoms. The van der Waals surface area contributed by atoms with Crippen LogP contribution in [0, 0.1) is 46.3 Å². The van der Waals surface area contributed by atoms with Gasteiger partial charge in [0.25, 0.3) is 0 Å². The number of ether oxygens (including phenoxy) is 6. The lowest BCUT2D eigenvalue weighted by Crippen LogP contribution is -2.63. The van der Waals surface area contributed by atoms with Crippen LogP contribution in [0.3, 0.4) is 0 Å². The predicted molar refractivity (Wildman–Crippen MR) is 190 cm³/mol. The van der Waals surface area contributed by atoms with Crippen LogP contribution in [-0.4, -0.2) is 67.3 Å². The fraction of sp³-hybridized carbons (Fsp3) is 0.854. The van der Waals surface area contributed by atoms with Gasteiger partial charge in [-0.15, -0.1) is 0 Å². The van der Waals surface area contributed by atoms with Gasteiger partial charge in [0.2, 0.25) is 0 Å². The van der Waals surface area contributed by atoms with Crippen molar-refractivity contribution >= 4 is 23.9 Å². The van der Waals surface area contributed by atoms with E-state index in [9.17, 15) is 19.2 Å². The van der Waals surface area contributed by atoms with Gasteiger partial charge in [-0.3, -0.25) is 19.2 Å². The quantitative estimate of drug-likeness (QED) is 0.114. The summed E-state index contributed by atoms with van der Waals surface area (Å²) in [4.78, 5) is 48.5. The van der Waals surface area contributed by atoms with Crippen LogP contribution in [0.1, 0.15) is 133 Å². The van der Waals surface area contributed by atoms with Crippen molar-refractivity contribution in [2.75, 3.05) is 6.61 Å². The largest absolute Gasteiger partial charge is 0.463 e. The van der Waals surface area contributed by atoms with Crippen molar-refractivity contribution in [1.82, 2.24) is 0 Å². The molecule has 10 nitrogen and oxygen atoms in total. The second-order valence-corrected chi connectivity index (χ2v) is 17.4. The molecular formula is C41H64O10. The Morgan fingerprint density at radius 1 is 0.804 bits per heavy atom. The van der Waals surface area contributed by atoms with Crippen LogP contribution >= 0.6 is 0 Å². The van der Waals surface area contributed by atoms with Crippen molar-refractivity contribution < 1.29 is 47.6 Å². The minimum Gasteiger partial charge on any atom is -0.463 e. The highest BCUT2D eigenvalue weighted by atomic mass is 16.7. The van der Waals surface area contributed by atoms with Gasteiger partial charge in [-0.1, -0.05) is 65.5 Å². The number of rotatable bonds is 12. The molecule has 0 aromatic carbocycles. The van der Waals surface area contributed by atoms with Crippen LogP contribution in [0.4, 0.5) is 0 Å². The van der Waals surface area contributed by atoms with Gasteiger partial charge in [0.15, 0.2) is 24.6 Å². The highest BCUT2D eigenvalue weighted by Gasteiger charge is 2.60. The Hall–Kier alpha value is -2.46. The van der Waals surface area contributed by atoms with E-state index in [4.69, 9.17) is 28.4 Å². The van der Waals surface area contributed by atoms with Crippen LogP contribution in [0.25, 0.3) is 0 Å². The third-order valence-electron chi connectivity index (χ3n) is 13.5. The lowest BCUT2D eigenvalue weighted by Gasteiger charge is -2.58. The van der Waals surface area contributed by atoms with Gasteiger partial charge >= 0.3 is 23.9 Å². The second kappa shape index (κ2) is 16.3. The summed E-state index contributed by atoms with van der Waals surface area (Å²) >= 11 is 0. The lowest BCUT2D eigenvalue weighted by molar-refractivity contribution is -0.318. The van der Waals surface area contributed by atoms with E-state index in [1.165, 1.54) is 78.2 Å². The maximum Gasteiger partial charge on any atom is 0.303 e. The molecule has 1 saturated heterocycles. The highest BCUT2D eigenvalue weighted by molar-refractivity contribution is 5.68. The molecule has 10 heteroatoms. The number of hydrogen-bond acceptors (Lipinski definition) is 10. The van der Waals surface area contributed by atoms with Gasteiger partial charge in [-0.2, -0.15) is 0 Å². The van der Waals surface area contributed by atoms with E-state index in [1.54, 1.807) is 0 Å². The molecule has 51 heavy (non-hydrogen) atoms. The minimum atomic E-state index is -1.23. The van der Waals surface area contributed by atoms with Gasteiger partial charge in [0, 0.05) is 27.7 Å². The summed E-state index contributed by atoms with van der Waals surface area (Å²) in [5.41, 5.74) is 1.97. The molecule has 0 aromatic rings. The smallest absolute Gasteiger partial charge is 0.303 e. The maximum atomic E-state index is 12.3. The summed E-state index contributed by atoms with van der Waals surface area (Å²) < 4.78 is 35.0. The summed E-state index contributed by atoms with van der Waals surface area (Å²) in [5, 5.41) is 0. The molecule has 0 spiro atoms. The van der Waals surface area contributed by atoms with Crippen LogP contribution in [0.5, 0.6) is 0 Å². The van der Waals surface area contributed by atoms with E-state index in [0.29, 0.717) is 17.3 Å². The molecule has 1 aliphatic heterocycles. The molecular weight excluding hydrogens is 652 g/mol. The first kappa shape index (κ1) is 39.7. The van der Waals surface area contributed by atoms with E-state index in [-0.39, 0.29) is 18.1 Å². The lowest BCUT2D eigenvalue weighted by atomic mass is 9.47. The molecule has 4 fully saturated rings. The Bertz CT molecular complexity index is 1310. The van der Waals surface area contributed by atoms with E-state index in [1.807, 2.05) is 0 Å². The predicted octanol–water partition coefficient (Wildman–Crippen LogP) is 7.50. The summed E-state index contributed by atoms with van der Waals surface area (Å²) in [5.74, 6) is 2.01. The number of hydrogen-bond donors (Lipinski definition) is 0. The summed E-state index contributed by atoms with van der Waals surface area (Å²) in [6, 6.07) is 0. The number of allylic oxidation sites excluding steroid dienone is 1. The zero-order valence-corrected chi connectivity index (χ0v) is 32.6. The zero-order valence-electron chi connectivity index (χ0n) is 32.6. The normalized spacial score (nSPS) is 39.5. The van der Waals surface area contributed by atoms with E-state index in [2.05, 4.69) is 40.7 Å². The van der Waals surface area contributed by atoms with Crippen molar-refractivity contribution in [3.05, 3.63) is 11.6 Å². The molecule has 0 N–H and O–H groups in total. The average Bonchev–Trinajstić information content (AvgIpc) is 3.39. The van der Waals surface area contributed by atoms with E-state index < -0.39 is 54.6 Å². The number of esters is 4. The van der Waals surface area contributed by atoms with Crippen molar-refractivity contribution in [3.63, 3.8) is 0 Å². The highest BCUT2D eigenvalue weighted by Crippen LogP contribution is 2.67. The Balaban J connectivity index is 1.32. The molecule has 4 aliphatic carbocycles. The van der Waals surface area contributed by atoms with Gasteiger partial charge < -0.3 is 28.4 Å². The zero-order chi connectivity index (χ0) is 37.2. The van der Waals surface area contributed by atoms with Gasteiger partial charge in [-0.25, -0.2) is 0 Å². The number of carbonyl (C=O) groups is 4. The first-order valence-corrected chi connectivity index (χ1v) is 19.7. The molecule has 1 heterocycles. The fourth-order valence-electron chi connectivity index (χ4n) is 11.3. The Morgan fingerprint density at radius 3 is 2.12 bits per heavy atom. The third-order valence-corrected chi connectivity index (χ3v) is 13.5. The Morgan fingerprint density at radius 2 is 1.47 bits per heavy atom. The minimum absolute atomic E-state index is 0.104. The molecule has 0 amide bonds. The van der Waals surface area contributed by atoms with Crippen LogP contribution in [0.2, 0.25) is 0 Å². The fourth-order valence-corrected chi connectivity index (χ4v) is 11.3. The maximum absolute atomic E-state index is 12.3. The first-order chi connectivity index (χ1) is 24.0. The Kier molecular flexibility index (Phi) is 12.7. The van der Waals surface area contributed by atoms with Gasteiger partial charge in [0.05, 0.1) is 6.10 Å². The molecule has 1 unspecified atom stereocenters. The van der Waals surface area contributed by atoms with Crippen LogP contribution in [0.15, 0.2) is 11.6 Å². The van der Waals surface area contributed by atoms with Gasteiger partial charge in [-0.05, 0) is 97.7 Å². The van der Waals surface area contributed by atoms with Gasteiger partial charge in [0.1, 0.15) is 12.7 Å². The third kappa shape index (κ3) is 8.69. The molecule has 3 saturated carbocycles. The van der Waals surface area contributed by atoms with Crippen LogP contribution in [-0.2, 0) is 47.6 Å². The summed E-state index contributed by atoms with van der Waals surface area (Å²) in [6.45, 7) is 17.0. The molecule has 288 valence electrons. The molecule has 0 aromatic heterocycles. The first-order valence-electron chi connectivity index (χ1n) is 19.7. The average molecular weight is 717 g/mol. The Labute approximate surface area is 305 Å². The van der Waals surface area contributed by atoms with E-state index >= 15 is 0 Å². The van der Waals surface area contributed by atoms with Crippen molar-refractivity contribution in [1.29, 1.82) is 0 Å². The molecule has 13 atom stereocenters. The number of fused-ring (bicyclic) bond motifs is 5. The topological polar surface area (TPSA) is 124 Å². The molecule has 5 rings (SSSR count). The summed E-state index contributed by atoms with van der Waals surface area (Å²) in [6.07, 6.45) is 9.39.